The normalized spacial score (nSPS) is 15.0. The van der Waals surface area contributed by atoms with Gasteiger partial charge in [-0.2, -0.15) is 13.5 Å². The van der Waals surface area contributed by atoms with E-state index in [1.165, 1.54) is 11.1 Å². The number of ether oxygens (including phenoxy) is 1. The maximum Gasteiger partial charge on any atom is 0.285 e. The molecular formula is C17H17N3O4S. The van der Waals surface area contributed by atoms with Crippen LogP contribution in [0.5, 0.6) is 5.75 Å². The van der Waals surface area contributed by atoms with Crippen LogP contribution in [-0.2, 0) is 10.0 Å². The lowest BCUT2D eigenvalue weighted by molar-refractivity contribution is 0.254. The number of sulfonamides is 1. The third-order valence-electron chi connectivity index (χ3n) is 3.61. The zero-order chi connectivity index (χ0) is 17.9. The minimum absolute atomic E-state index is 0.114. The van der Waals surface area contributed by atoms with Crippen molar-refractivity contribution in [3.8, 4) is 5.75 Å². The third kappa shape index (κ3) is 3.54. The largest absolute Gasteiger partial charge is 0.497 e. The van der Waals surface area contributed by atoms with Gasteiger partial charge in [0.25, 0.3) is 10.0 Å². The number of methoxy groups -OCH3 is 1. The number of aliphatic hydroxyl groups excluding tert-OH is 1. The lowest BCUT2D eigenvalue weighted by atomic mass is 10.2. The Kier molecular flexibility index (Phi) is 4.82. The Bertz CT molecular complexity index is 938. The van der Waals surface area contributed by atoms with E-state index < -0.39 is 10.0 Å². The minimum Gasteiger partial charge on any atom is -0.497 e. The molecule has 1 heterocycles. The van der Waals surface area contributed by atoms with Gasteiger partial charge in [0.05, 0.1) is 26.5 Å². The van der Waals surface area contributed by atoms with E-state index in [4.69, 9.17) is 4.74 Å². The molecule has 25 heavy (non-hydrogen) atoms. The van der Waals surface area contributed by atoms with Crippen molar-refractivity contribution in [1.82, 2.24) is 5.01 Å². The molecule has 0 saturated carbocycles. The predicted molar refractivity (Wildman–Crippen MR) is 94.5 cm³/mol. The first kappa shape index (κ1) is 17.1. The highest BCUT2D eigenvalue weighted by Crippen LogP contribution is 2.27. The van der Waals surface area contributed by atoms with Gasteiger partial charge >= 0.3 is 0 Å². The Balaban J connectivity index is 1.96. The number of hydrogen-bond donors (Lipinski definition) is 1. The summed E-state index contributed by atoms with van der Waals surface area (Å²) in [5.41, 5.74) is 1.25. The molecule has 130 valence electrons. The molecule has 0 radical (unpaired) electrons. The molecule has 0 spiro atoms. The molecule has 0 saturated heterocycles. The average molecular weight is 359 g/mol. The van der Waals surface area contributed by atoms with E-state index in [1.54, 1.807) is 37.6 Å². The fourth-order valence-corrected chi connectivity index (χ4v) is 3.65. The van der Waals surface area contributed by atoms with Crippen LogP contribution in [0.3, 0.4) is 0 Å². The van der Waals surface area contributed by atoms with Crippen LogP contribution in [0.25, 0.3) is 0 Å². The van der Waals surface area contributed by atoms with Crippen molar-refractivity contribution in [2.75, 3.05) is 20.3 Å². The van der Waals surface area contributed by atoms with Crippen LogP contribution in [0.2, 0.25) is 0 Å². The zero-order valence-electron chi connectivity index (χ0n) is 13.5. The minimum atomic E-state index is -3.74. The van der Waals surface area contributed by atoms with Gasteiger partial charge in [-0.1, -0.05) is 24.3 Å². The summed E-state index contributed by atoms with van der Waals surface area (Å²) in [5.74, 6) is 0.882. The first-order valence-electron chi connectivity index (χ1n) is 7.56. The van der Waals surface area contributed by atoms with Gasteiger partial charge in [0, 0.05) is 5.56 Å². The number of rotatable bonds is 5. The van der Waals surface area contributed by atoms with Crippen LogP contribution >= 0.6 is 0 Å². The van der Waals surface area contributed by atoms with Crippen molar-refractivity contribution in [2.24, 2.45) is 9.50 Å². The number of amidine groups is 1. The van der Waals surface area contributed by atoms with Crippen molar-refractivity contribution >= 4 is 22.1 Å². The van der Waals surface area contributed by atoms with Crippen molar-refractivity contribution < 1.29 is 18.3 Å². The van der Waals surface area contributed by atoms with Crippen LogP contribution < -0.4 is 4.74 Å². The SMILES string of the molecule is COc1cccc(/C=N\N(CCO)C2=NS(=O)(=O)c3ccccc32)c1. The van der Waals surface area contributed by atoms with Gasteiger partial charge in [-0.3, -0.25) is 0 Å². The topological polar surface area (TPSA) is 91.6 Å². The van der Waals surface area contributed by atoms with Crippen LogP contribution in [0.1, 0.15) is 11.1 Å². The van der Waals surface area contributed by atoms with Gasteiger partial charge in [0.2, 0.25) is 0 Å². The molecule has 2 aromatic carbocycles. The lowest BCUT2D eigenvalue weighted by Crippen LogP contribution is -2.28. The van der Waals surface area contributed by atoms with Crippen LogP contribution in [-0.4, -0.2) is 50.8 Å². The monoisotopic (exact) mass is 359 g/mol. The van der Waals surface area contributed by atoms with E-state index in [9.17, 15) is 13.5 Å². The Hall–Kier alpha value is -2.71. The summed E-state index contributed by atoms with van der Waals surface area (Å²) < 4.78 is 33.4. The molecule has 8 heteroatoms. The van der Waals surface area contributed by atoms with Crippen molar-refractivity contribution in [1.29, 1.82) is 0 Å². The lowest BCUT2D eigenvalue weighted by Gasteiger charge is -2.17. The Morgan fingerprint density at radius 3 is 2.80 bits per heavy atom. The summed E-state index contributed by atoms with van der Waals surface area (Å²) in [6.45, 7) is -0.0835. The molecular weight excluding hydrogens is 342 g/mol. The van der Waals surface area contributed by atoms with Crippen molar-refractivity contribution in [2.45, 2.75) is 4.90 Å². The highest BCUT2D eigenvalue weighted by atomic mass is 32.2. The Labute approximate surface area is 145 Å². The van der Waals surface area contributed by atoms with E-state index in [0.29, 0.717) is 11.3 Å². The summed E-state index contributed by atoms with van der Waals surface area (Å²) in [6.07, 6.45) is 1.56. The summed E-state index contributed by atoms with van der Waals surface area (Å²) in [4.78, 5) is 0.143. The van der Waals surface area contributed by atoms with E-state index in [1.807, 2.05) is 18.2 Å². The molecule has 1 aliphatic heterocycles. The molecule has 2 aromatic rings. The van der Waals surface area contributed by atoms with E-state index in [2.05, 4.69) is 9.50 Å². The molecule has 0 aromatic heterocycles. The average Bonchev–Trinajstić information content (AvgIpc) is 2.90. The maximum absolute atomic E-state index is 12.2. The van der Waals surface area contributed by atoms with Gasteiger partial charge in [-0.25, -0.2) is 5.01 Å². The first-order valence-corrected chi connectivity index (χ1v) is 9.00. The second-order valence-electron chi connectivity index (χ2n) is 5.25. The quantitative estimate of drug-likeness (QED) is 0.645. The fourth-order valence-electron chi connectivity index (χ4n) is 2.45. The smallest absolute Gasteiger partial charge is 0.285 e. The highest BCUT2D eigenvalue weighted by Gasteiger charge is 2.31. The summed E-state index contributed by atoms with van der Waals surface area (Å²) in [5, 5.41) is 15.0. The molecule has 0 fully saturated rings. The van der Waals surface area contributed by atoms with Crippen LogP contribution in [0.15, 0.2) is 62.9 Å². The molecule has 0 bridgehead atoms. The van der Waals surface area contributed by atoms with Gasteiger partial charge in [0.1, 0.15) is 10.6 Å². The number of benzene rings is 2. The van der Waals surface area contributed by atoms with E-state index >= 15 is 0 Å². The highest BCUT2D eigenvalue weighted by molar-refractivity contribution is 7.90. The Morgan fingerprint density at radius 1 is 1.24 bits per heavy atom. The second-order valence-corrected chi connectivity index (χ2v) is 6.83. The summed E-state index contributed by atoms with van der Waals surface area (Å²) >= 11 is 0. The first-order chi connectivity index (χ1) is 12.0. The van der Waals surface area contributed by atoms with Crippen molar-refractivity contribution in [3.05, 3.63) is 59.7 Å². The van der Waals surface area contributed by atoms with E-state index in [-0.39, 0.29) is 23.9 Å². The van der Waals surface area contributed by atoms with Crippen LogP contribution in [0.4, 0.5) is 0 Å². The van der Waals surface area contributed by atoms with Gasteiger partial charge in [-0.05, 0) is 29.8 Å². The summed E-state index contributed by atoms with van der Waals surface area (Å²) in [6, 6.07) is 13.8. The molecule has 1 N–H and O–H groups in total. The number of hydrogen-bond acceptors (Lipinski definition) is 6. The molecule has 0 unspecified atom stereocenters. The summed E-state index contributed by atoms with van der Waals surface area (Å²) in [7, 11) is -2.17. The van der Waals surface area contributed by atoms with E-state index in [0.717, 1.165) is 5.56 Å². The molecule has 7 nitrogen and oxygen atoms in total. The third-order valence-corrected chi connectivity index (χ3v) is 4.93. The molecule has 1 aliphatic rings. The Morgan fingerprint density at radius 2 is 2.04 bits per heavy atom. The molecule has 0 atom stereocenters. The number of nitrogens with zero attached hydrogens (tertiary/aromatic N) is 3. The molecule has 0 aliphatic carbocycles. The van der Waals surface area contributed by atoms with Gasteiger partial charge in [0.15, 0.2) is 5.84 Å². The van der Waals surface area contributed by atoms with Gasteiger partial charge < -0.3 is 9.84 Å². The molecule has 3 rings (SSSR count). The standard InChI is InChI=1S/C17H17N3O4S/c1-24-14-6-4-5-13(11-14)12-18-20(9-10-21)17-15-7-2-3-8-16(15)25(22,23)19-17/h2-8,11-12,21H,9-10H2,1H3/b18-12-. The maximum atomic E-state index is 12.2. The second kappa shape index (κ2) is 7.04. The number of hydrazone groups is 1. The number of fused-ring (bicyclic) bond motifs is 1. The number of aliphatic hydroxyl groups is 1. The van der Waals surface area contributed by atoms with Crippen LogP contribution in [0, 0.1) is 0 Å². The fraction of sp³-hybridized carbons (Fsp3) is 0.176. The van der Waals surface area contributed by atoms with Gasteiger partial charge in [-0.15, -0.1) is 4.40 Å². The molecule has 0 amide bonds. The zero-order valence-corrected chi connectivity index (χ0v) is 14.3. The van der Waals surface area contributed by atoms with Crippen molar-refractivity contribution in [3.63, 3.8) is 0 Å². The predicted octanol–water partition coefficient (Wildman–Crippen LogP) is 1.47.